The zero-order valence-corrected chi connectivity index (χ0v) is 43.3. The number of unbranched alkanes of at least 4 members (excludes halogenated alkanes) is 26. The zero-order chi connectivity index (χ0) is 44.6. The van der Waals surface area contributed by atoms with Crippen molar-refractivity contribution in [2.75, 3.05) is 0 Å². The minimum Gasteiger partial charge on any atom is -0.493 e. The van der Waals surface area contributed by atoms with Gasteiger partial charge in [0.15, 0.2) is 0 Å². The van der Waals surface area contributed by atoms with E-state index in [1.54, 1.807) is 18.5 Å². The molecule has 1 heterocycles. The minimum atomic E-state index is 0. The minimum absolute atomic E-state index is 0. The molecule has 0 radical (unpaired) electrons. The Hall–Kier alpha value is -2.08. The van der Waals surface area contributed by atoms with Gasteiger partial charge in [0, 0.05) is 16.7 Å². The van der Waals surface area contributed by atoms with Gasteiger partial charge in [-0.3, -0.25) is 0 Å². The predicted octanol–water partition coefficient (Wildman–Crippen LogP) is 20.3. The zero-order valence-electron chi connectivity index (χ0n) is 41.7. The molecule has 0 N–H and O–H groups in total. The molecule has 0 amide bonds. The van der Waals surface area contributed by atoms with Crippen LogP contribution in [0.3, 0.4) is 0 Å². The fourth-order valence-corrected chi connectivity index (χ4v) is 8.74. The van der Waals surface area contributed by atoms with E-state index in [0.717, 1.165) is 61.0 Å². The Morgan fingerprint density at radius 1 is 0.435 bits per heavy atom. The van der Waals surface area contributed by atoms with Crippen molar-refractivity contribution in [1.29, 1.82) is 0 Å². The average molecular weight is 942 g/mol. The van der Waals surface area contributed by atoms with Gasteiger partial charge in [-0.2, -0.15) is 13.8 Å². The monoisotopic (exact) mass is 941 g/mol. The first-order valence-electron chi connectivity index (χ1n) is 26.4. The molecule has 0 atom stereocenters. The summed E-state index contributed by atoms with van der Waals surface area (Å²) in [5, 5.41) is 0. The maximum absolute atomic E-state index is 12.1. The summed E-state index contributed by atoms with van der Waals surface area (Å²) in [7, 11) is 0. The van der Waals surface area contributed by atoms with E-state index in [1.165, 1.54) is 196 Å². The number of allylic oxidation sites excluding steroid dienone is 4. The van der Waals surface area contributed by atoms with E-state index < -0.39 is 0 Å². The second-order valence-electron chi connectivity index (χ2n) is 17.6. The molecule has 0 aromatic heterocycles. The predicted molar refractivity (Wildman–Crippen MR) is 275 cm³/mol. The van der Waals surface area contributed by atoms with Crippen LogP contribution >= 0.6 is 0 Å². The summed E-state index contributed by atoms with van der Waals surface area (Å²) in [6, 6.07) is 18.2. The molecule has 0 unspecified atom stereocenters. The quantitative estimate of drug-likeness (QED) is 0.0282. The standard InChI is InChI=1S/C55H88N2.2C2H5.Pd/c1-5-9-13-15-17-18-19-20-21-22-23-24-25-26-27-28-30-31-34-37-48-43-45-50(46-44-48)54-53(42-35-32-29-16-14-10-6-2)52(41-12-8-4)55(57(54)56)51-40-36-39-49(47-51)38-33-11-7-3;2*1-2;/h35-36,39-40,42-47H,5-34,37-38,41H2,1-4H3;2*1H2,2H3;/q;2*-1;+2. The summed E-state index contributed by atoms with van der Waals surface area (Å²) in [5.41, 5.74) is 21.6. The van der Waals surface area contributed by atoms with Gasteiger partial charge in [-0.15, -0.1) is 0 Å². The number of nitrogens with zero attached hydrogens (tertiary/aromatic N) is 2. The number of benzene rings is 2. The molecule has 0 spiro atoms. The van der Waals surface area contributed by atoms with Crippen molar-refractivity contribution in [3.05, 3.63) is 113 Å². The molecule has 3 heteroatoms. The summed E-state index contributed by atoms with van der Waals surface area (Å²) in [6.07, 6.45) is 48.4. The van der Waals surface area contributed by atoms with E-state index in [-0.39, 0.29) is 20.4 Å². The Balaban J connectivity index is 0.00000722. The number of rotatable bonds is 36. The molecular formula is C59H98N2Pd. The molecule has 2 nitrogen and oxygen atoms in total. The second kappa shape index (κ2) is 42.8. The van der Waals surface area contributed by atoms with E-state index >= 15 is 0 Å². The molecule has 0 saturated heterocycles. The van der Waals surface area contributed by atoms with Gasteiger partial charge >= 0.3 is 20.4 Å². The second-order valence-corrected chi connectivity index (χ2v) is 17.6. The summed E-state index contributed by atoms with van der Waals surface area (Å²) in [5.74, 6) is 0. The van der Waals surface area contributed by atoms with E-state index in [9.17, 15) is 5.53 Å². The van der Waals surface area contributed by atoms with E-state index in [0.29, 0.717) is 0 Å². The molecule has 3 rings (SSSR count). The van der Waals surface area contributed by atoms with Crippen molar-refractivity contribution in [2.45, 2.75) is 253 Å². The Labute approximate surface area is 401 Å². The van der Waals surface area contributed by atoms with Crippen LogP contribution in [0.25, 0.3) is 16.9 Å². The SMILES string of the molecule is CCCCCCCC=CC1=C(c2ccc(CCCCCCCCCCCCCCCCCCCCC)cc2)[N+](=[N-])C(c2cccc(CCCCC)c2)=C1CCCC.[CH2-]C.[CH2-]C.[Pd+2]. The molecule has 0 saturated carbocycles. The largest absolute Gasteiger partial charge is 2.00 e. The van der Waals surface area contributed by atoms with Crippen LogP contribution in [-0.4, -0.2) is 4.70 Å². The third-order valence-corrected chi connectivity index (χ3v) is 12.4. The van der Waals surface area contributed by atoms with Crippen LogP contribution < -0.4 is 0 Å². The average Bonchev–Trinajstić information content (AvgIpc) is 3.57. The maximum atomic E-state index is 12.1. The fourth-order valence-electron chi connectivity index (χ4n) is 8.74. The molecule has 2 aromatic rings. The molecule has 1 aliphatic rings. The normalized spacial score (nSPS) is 12.4. The van der Waals surface area contributed by atoms with Gasteiger partial charge < -0.3 is 19.4 Å². The summed E-state index contributed by atoms with van der Waals surface area (Å²) in [4.78, 5) is 0. The van der Waals surface area contributed by atoms with Gasteiger partial charge in [0.2, 0.25) is 11.4 Å². The van der Waals surface area contributed by atoms with Crippen LogP contribution in [0, 0.1) is 13.8 Å². The topological polar surface area (TPSA) is 25.3 Å². The first-order valence-corrected chi connectivity index (χ1v) is 26.4. The fraction of sp³-hybridized carbons (Fsp3) is 0.661. The Kier molecular flexibility index (Phi) is 41.4. The van der Waals surface area contributed by atoms with Crippen molar-refractivity contribution in [1.82, 2.24) is 0 Å². The van der Waals surface area contributed by atoms with Crippen molar-refractivity contribution in [3.8, 4) is 0 Å². The summed E-state index contributed by atoms with van der Waals surface area (Å²) < 4.78 is 1.55. The van der Waals surface area contributed by atoms with Crippen LogP contribution in [0.4, 0.5) is 0 Å². The van der Waals surface area contributed by atoms with Crippen LogP contribution in [0.5, 0.6) is 0 Å². The van der Waals surface area contributed by atoms with Gasteiger partial charge in [-0.05, 0) is 86.8 Å². The van der Waals surface area contributed by atoms with Gasteiger partial charge in [0.25, 0.3) is 0 Å². The van der Waals surface area contributed by atoms with Crippen molar-refractivity contribution in [2.24, 2.45) is 0 Å². The third kappa shape index (κ3) is 26.0. The van der Waals surface area contributed by atoms with E-state index in [1.807, 2.05) is 0 Å². The van der Waals surface area contributed by atoms with Crippen LogP contribution in [0.15, 0.2) is 71.8 Å². The first kappa shape index (κ1) is 59.9. The molecule has 0 fully saturated rings. The molecule has 354 valence electrons. The Bertz CT molecular complexity index is 1430. The number of hydrogen-bond donors (Lipinski definition) is 0. The maximum Gasteiger partial charge on any atom is 2.00 e. The van der Waals surface area contributed by atoms with Crippen molar-refractivity contribution in [3.63, 3.8) is 0 Å². The summed E-state index contributed by atoms with van der Waals surface area (Å²) >= 11 is 0. The van der Waals surface area contributed by atoms with Gasteiger partial charge in [0.05, 0.1) is 5.57 Å². The summed E-state index contributed by atoms with van der Waals surface area (Å²) in [6.45, 7) is 19.1. The van der Waals surface area contributed by atoms with Crippen LogP contribution in [-0.2, 0) is 33.3 Å². The Morgan fingerprint density at radius 3 is 1.35 bits per heavy atom. The molecule has 1 aliphatic heterocycles. The number of aryl methyl sites for hydroxylation is 2. The molecular weight excluding hydrogens is 843 g/mol. The van der Waals surface area contributed by atoms with Gasteiger partial charge in [0.1, 0.15) is 0 Å². The van der Waals surface area contributed by atoms with Crippen molar-refractivity contribution >= 4 is 11.4 Å². The number of hydrogen-bond acceptors (Lipinski definition) is 0. The Morgan fingerprint density at radius 2 is 0.855 bits per heavy atom. The van der Waals surface area contributed by atoms with Crippen molar-refractivity contribution < 1.29 is 25.1 Å². The first-order chi connectivity index (χ1) is 30.1. The molecule has 2 aromatic carbocycles. The molecule has 0 aliphatic carbocycles. The van der Waals surface area contributed by atoms with Crippen LogP contribution in [0.1, 0.15) is 263 Å². The van der Waals surface area contributed by atoms with E-state index in [2.05, 4.69) is 102 Å². The third-order valence-electron chi connectivity index (χ3n) is 12.4. The molecule has 62 heavy (non-hydrogen) atoms. The van der Waals surface area contributed by atoms with Gasteiger partial charge in [-0.25, -0.2) is 4.70 Å². The van der Waals surface area contributed by atoms with Crippen LogP contribution in [0.2, 0.25) is 0 Å². The van der Waals surface area contributed by atoms with E-state index in [4.69, 9.17) is 0 Å². The van der Waals surface area contributed by atoms with Gasteiger partial charge in [-0.1, -0.05) is 225 Å². The molecule has 0 bridgehead atoms. The smallest absolute Gasteiger partial charge is 0.493 e.